The van der Waals surface area contributed by atoms with Gasteiger partial charge >= 0.3 is 0 Å². The van der Waals surface area contributed by atoms with Crippen LogP contribution in [0.5, 0.6) is 0 Å². The molecule has 1 aromatic carbocycles. The molecular formula is C10H11N3. The van der Waals surface area contributed by atoms with Gasteiger partial charge in [0.1, 0.15) is 0 Å². The molecule has 2 N–H and O–H groups in total. The van der Waals surface area contributed by atoms with Crippen LogP contribution in [0.4, 0.5) is 5.69 Å². The highest BCUT2D eigenvalue weighted by atomic mass is 15.2. The molecule has 1 aliphatic rings. The molecule has 0 bridgehead atoms. The molecular weight excluding hydrogens is 162 g/mol. The minimum absolute atomic E-state index is 0.768. The lowest BCUT2D eigenvalue weighted by atomic mass is 10.1. The zero-order valence-electron chi connectivity index (χ0n) is 7.49. The van der Waals surface area contributed by atoms with E-state index in [4.69, 9.17) is 5.73 Å². The van der Waals surface area contributed by atoms with E-state index in [0.717, 1.165) is 29.1 Å². The summed E-state index contributed by atoms with van der Waals surface area (Å²) in [5, 5.41) is 8.06. The molecule has 1 heterocycles. The summed E-state index contributed by atoms with van der Waals surface area (Å²) in [5.41, 5.74) is 9.56. The van der Waals surface area contributed by atoms with Crippen molar-refractivity contribution in [1.82, 2.24) is 0 Å². The minimum atomic E-state index is 0.768. The van der Waals surface area contributed by atoms with Crippen molar-refractivity contribution in [3.8, 4) is 0 Å². The van der Waals surface area contributed by atoms with E-state index in [1.54, 1.807) is 0 Å². The molecule has 13 heavy (non-hydrogen) atoms. The standard InChI is InChI=1S/C10H11N3/c1-7-5-10(13-12-7)8-3-2-4-9(11)6-8/h2-4,6H,5,11H2,1H3. The summed E-state index contributed by atoms with van der Waals surface area (Å²) in [6.45, 7) is 1.97. The SMILES string of the molecule is CC1=NN=C(c2cccc(N)c2)C1. The monoisotopic (exact) mass is 173 g/mol. The van der Waals surface area contributed by atoms with E-state index in [0.29, 0.717) is 0 Å². The number of benzene rings is 1. The van der Waals surface area contributed by atoms with Crippen molar-refractivity contribution < 1.29 is 0 Å². The number of rotatable bonds is 1. The van der Waals surface area contributed by atoms with Crippen LogP contribution in [0.15, 0.2) is 34.5 Å². The normalized spacial score (nSPS) is 15.5. The lowest BCUT2D eigenvalue weighted by Crippen LogP contribution is -2.01. The van der Waals surface area contributed by atoms with Crippen molar-refractivity contribution >= 4 is 17.1 Å². The predicted octanol–water partition coefficient (Wildman–Crippen LogP) is 1.84. The molecule has 0 amide bonds. The molecule has 0 fully saturated rings. The smallest absolute Gasteiger partial charge is 0.0760 e. The molecule has 0 radical (unpaired) electrons. The first kappa shape index (κ1) is 7.98. The summed E-state index contributed by atoms with van der Waals surface area (Å²) in [6, 6.07) is 7.73. The highest BCUT2D eigenvalue weighted by Gasteiger charge is 2.10. The van der Waals surface area contributed by atoms with E-state index in [1.165, 1.54) is 0 Å². The van der Waals surface area contributed by atoms with Crippen molar-refractivity contribution in [3.63, 3.8) is 0 Å². The molecule has 0 unspecified atom stereocenters. The number of nitrogen functional groups attached to an aromatic ring is 1. The highest BCUT2D eigenvalue weighted by Crippen LogP contribution is 2.13. The fraction of sp³-hybridized carbons (Fsp3) is 0.200. The summed E-state index contributed by atoms with van der Waals surface area (Å²) >= 11 is 0. The van der Waals surface area contributed by atoms with Crippen LogP contribution in [-0.2, 0) is 0 Å². The van der Waals surface area contributed by atoms with Gasteiger partial charge in [-0.05, 0) is 19.1 Å². The maximum Gasteiger partial charge on any atom is 0.0760 e. The maximum atomic E-state index is 5.67. The average Bonchev–Trinajstić information content (AvgIpc) is 2.52. The molecule has 0 spiro atoms. The van der Waals surface area contributed by atoms with Crippen LogP contribution in [0.1, 0.15) is 18.9 Å². The first-order valence-corrected chi connectivity index (χ1v) is 4.21. The predicted molar refractivity (Wildman–Crippen MR) is 55.1 cm³/mol. The molecule has 0 saturated heterocycles. The van der Waals surface area contributed by atoms with Crippen LogP contribution in [0.3, 0.4) is 0 Å². The van der Waals surface area contributed by atoms with Crippen LogP contribution in [0, 0.1) is 0 Å². The van der Waals surface area contributed by atoms with Crippen molar-refractivity contribution in [2.24, 2.45) is 10.2 Å². The molecule has 0 saturated carbocycles. The van der Waals surface area contributed by atoms with Crippen molar-refractivity contribution in [2.75, 3.05) is 5.73 Å². The Labute approximate surface area is 77.0 Å². The summed E-state index contributed by atoms with van der Waals surface area (Å²) in [7, 11) is 0. The summed E-state index contributed by atoms with van der Waals surface area (Å²) < 4.78 is 0. The van der Waals surface area contributed by atoms with Gasteiger partial charge in [0.15, 0.2) is 0 Å². The Bertz CT molecular complexity index is 391. The molecule has 0 aliphatic carbocycles. The Morgan fingerprint density at radius 2 is 2.15 bits per heavy atom. The number of hydrogen-bond donors (Lipinski definition) is 1. The van der Waals surface area contributed by atoms with Gasteiger partial charge in [-0.25, -0.2) is 0 Å². The third kappa shape index (κ3) is 1.59. The Hall–Kier alpha value is -1.64. The van der Waals surface area contributed by atoms with Gasteiger partial charge in [0.2, 0.25) is 0 Å². The second-order valence-corrected chi connectivity index (χ2v) is 3.18. The number of nitrogens with two attached hydrogens (primary N) is 1. The van der Waals surface area contributed by atoms with Gasteiger partial charge in [0.05, 0.1) is 5.71 Å². The first-order valence-electron chi connectivity index (χ1n) is 4.21. The molecule has 1 aliphatic heterocycles. The molecule has 0 aromatic heterocycles. The number of hydrogen-bond acceptors (Lipinski definition) is 3. The second kappa shape index (κ2) is 3.01. The van der Waals surface area contributed by atoms with E-state index in [9.17, 15) is 0 Å². The minimum Gasteiger partial charge on any atom is -0.399 e. The molecule has 66 valence electrons. The quantitative estimate of drug-likeness (QED) is 0.647. The fourth-order valence-electron chi connectivity index (χ4n) is 1.34. The lowest BCUT2D eigenvalue weighted by molar-refractivity contribution is 1.26. The Morgan fingerprint density at radius 1 is 1.31 bits per heavy atom. The average molecular weight is 173 g/mol. The zero-order valence-corrected chi connectivity index (χ0v) is 7.49. The molecule has 1 aromatic rings. The summed E-state index contributed by atoms with van der Waals surface area (Å²) in [5.74, 6) is 0. The van der Waals surface area contributed by atoms with E-state index >= 15 is 0 Å². The Balaban J connectivity index is 2.29. The van der Waals surface area contributed by atoms with Gasteiger partial charge < -0.3 is 5.73 Å². The van der Waals surface area contributed by atoms with Gasteiger partial charge in [-0.3, -0.25) is 0 Å². The topological polar surface area (TPSA) is 50.7 Å². The van der Waals surface area contributed by atoms with Gasteiger partial charge in [-0.15, -0.1) is 0 Å². The molecule has 0 atom stereocenters. The largest absolute Gasteiger partial charge is 0.399 e. The number of anilines is 1. The third-order valence-corrected chi connectivity index (χ3v) is 1.98. The van der Waals surface area contributed by atoms with Crippen molar-refractivity contribution in [1.29, 1.82) is 0 Å². The molecule has 3 heteroatoms. The highest BCUT2D eigenvalue weighted by molar-refractivity contribution is 6.14. The summed E-state index contributed by atoms with van der Waals surface area (Å²) in [6.07, 6.45) is 0.837. The molecule has 2 rings (SSSR count). The van der Waals surface area contributed by atoms with Gasteiger partial charge in [0, 0.05) is 23.4 Å². The van der Waals surface area contributed by atoms with Crippen LogP contribution < -0.4 is 5.73 Å². The molecule has 3 nitrogen and oxygen atoms in total. The van der Waals surface area contributed by atoms with Gasteiger partial charge in [0.25, 0.3) is 0 Å². The van der Waals surface area contributed by atoms with Crippen molar-refractivity contribution in [3.05, 3.63) is 29.8 Å². The second-order valence-electron chi connectivity index (χ2n) is 3.18. The zero-order chi connectivity index (χ0) is 9.26. The van der Waals surface area contributed by atoms with Gasteiger partial charge in [-0.2, -0.15) is 10.2 Å². The van der Waals surface area contributed by atoms with E-state index in [2.05, 4.69) is 10.2 Å². The number of nitrogens with zero attached hydrogens (tertiary/aromatic N) is 2. The van der Waals surface area contributed by atoms with Crippen LogP contribution in [0.2, 0.25) is 0 Å². The van der Waals surface area contributed by atoms with Gasteiger partial charge in [-0.1, -0.05) is 12.1 Å². The van der Waals surface area contributed by atoms with Crippen LogP contribution in [0.25, 0.3) is 0 Å². The Morgan fingerprint density at radius 3 is 2.77 bits per heavy atom. The van der Waals surface area contributed by atoms with Crippen LogP contribution in [-0.4, -0.2) is 11.4 Å². The Kier molecular flexibility index (Phi) is 1.85. The van der Waals surface area contributed by atoms with E-state index < -0.39 is 0 Å². The van der Waals surface area contributed by atoms with Crippen molar-refractivity contribution in [2.45, 2.75) is 13.3 Å². The maximum absolute atomic E-state index is 5.67. The van der Waals surface area contributed by atoms with Crippen LogP contribution >= 0.6 is 0 Å². The first-order chi connectivity index (χ1) is 6.25. The van der Waals surface area contributed by atoms with E-state index in [-0.39, 0.29) is 0 Å². The van der Waals surface area contributed by atoms with E-state index in [1.807, 2.05) is 31.2 Å². The third-order valence-electron chi connectivity index (χ3n) is 1.98. The lowest BCUT2D eigenvalue weighted by Gasteiger charge is -2.00. The summed E-state index contributed by atoms with van der Waals surface area (Å²) in [4.78, 5) is 0. The fourth-order valence-corrected chi connectivity index (χ4v) is 1.34.